The number of carbonyl (C=O) groups excluding carboxylic acids is 1. The van der Waals surface area contributed by atoms with Gasteiger partial charge in [-0.05, 0) is 18.1 Å². The number of carbonyl (C=O) groups is 1. The second kappa shape index (κ2) is 7.11. The molecule has 0 atom stereocenters. The fourth-order valence-electron chi connectivity index (χ4n) is 1.84. The highest BCUT2D eigenvalue weighted by Crippen LogP contribution is 2.28. The van der Waals surface area contributed by atoms with Crippen LogP contribution in [0.25, 0.3) is 0 Å². The molecule has 22 heavy (non-hydrogen) atoms. The standard InChI is InChI=1S/C14H14N4O4/c1-22-13-4-3-11(18(20)21)6-12(13)17-14(19)5-2-10-7-15-9-16-8-10/h3-4,6-9H,2,5H2,1H3,(H,17,19). The number of nitrogens with zero attached hydrogens (tertiary/aromatic N) is 3. The van der Waals surface area contributed by atoms with Crippen molar-refractivity contribution in [2.45, 2.75) is 12.8 Å². The number of amides is 1. The Balaban J connectivity index is 2.04. The summed E-state index contributed by atoms with van der Waals surface area (Å²) in [7, 11) is 1.43. The van der Waals surface area contributed by atoms with Gasteiger partial charge in [-0.2, -0.15) is 0 Å². The smallest absolute Gasteiger partial charge is 0.271 e. The molecular formula is C14H14N4O4. The molecule has 1 N–H and O–H groups in total. The molecule has 0 saturated carbocycles. The average Bonchev–Trinajstić information content (AvgIpc) is 2.53. The normalized spacial score (nSPS) is 10.0. The van der Waals surface area contributed by atoms with Gasteiger partial charge < -0.3 is 10.1 Å². The molecular weight excluding hydrogens is 288 g/mol. The minimum absolute atomic E-state index is 0.118. The first-order valence-electron chi connectivity index (χ1n) is 6.46. The number of anilines is 1. The Labute approximate surface area is 126 Å². The van der Waals surface area contributed by atoms with E-state index >= 15 is 0 Å². The summed E-state index contributed by atoms with van der Waals surface area (Å²) in [6.07, 6.45) is 5.36. The first-order chi connectivity index (χ1) is 10.6. The number of hydrogen-bond acceptors (Lipinski definition) is 6. The lowest BCUT2D eigenvalue weighted by Crippen LogP contribution is -2.13. The fourth-order valence-corrected chi connectivity index (χ4v) is 1.84. The van der Waals surface area contributed by atoms with E-state index in [0.717, 1.165) is 5.56 Å². The number of non-ortho nitro benzene ring substituents is 1. The molecule has 0 aliphatic rings. The zero-order valence-electron chi connectivity index (χ0n) is 11.9. The molecule has 0 saturated heterocycles. The zero-order chi connectivity index (χ0) is 15.9. The lowest BCUT2D eigenvalue weighted by molar-refractivity contribution is -0.384. The van der Waals surface area contributed by atoms with Crippen LogP contribution in [0.5, 0.6) is 5.75 Å². The highest BCUT2D eigenvalue weighted by molar-refractivity contribution is 5.92. The molecule has 1 aromatic carbocycles. The van der Waals surface area contributed by atoms with Crippen molar-refractivity contribution in [2.24, 2.45) is 0 Å². The Hall–Kier alpha value is -3.03. The van der Waals surface area contributed by atoms with E-state index in [1.807, 2.05) is 0 Å². The number of hydrogen-bond donors (Lipinski definition) is 1. The van der Waals surface area contributed by atoms with E-state index in [9.17, 15) is 14.9 Å². The molecule has 0 fully saturated rings. The van der Waals surface area contributed by atoms with Crippen LogP contribution < -0.4 is 10.1 Å². The number of aromatic nitrogens is 2. The summed E-state index contributed by atoms with van der Waals surface area (Å²) in [5.41, 5.74) is 0.988. The van der Waals surface area contributed by atoms with Gasteiger partial charge in [0.15, 0.2) is 0 Å². The van der Waals surface area contributed by atoms with Crippen LogP contribution in [0.1, 0.15) is 12.0 Å². The summed E-state index contributed by atoms with van der Waals surface area (Å²) < 4.78 is 5.09. The predicted molar refractivity (Wildman–Crippen MR) is 78.6 cm³/mol. The highest BCUT2D eigenvalue weighted by atomic mass is 16.6. The third kappa shape index (κ3) is 3.98. The number of rotatable bonds is 6. The Morgan fingerprint density at radius 1 is 1.36 bits per heavy atom. The maximum Gasteiger partial charge on any atom is 0.271 e. The Kier molecular flexibility index (Phi) is 4.97. The summed E-state index contributed by atoms with van der Waals surface area (Å²) in [5.74, 6) is 0.0876. The molecule has 8 nitrogen and oxygen atoms in total. The summed E-state index contributed by atoms with van der Waals surface area (Å²) in [5, 5.41) is 13.4. The molecule has 0 aliphatic heterocycles. The lowest BCUT2D eigenvalue weighted by atomic mass is 10.2. The molecule has 8 heteroatoms. The second-order valence-corrected chi connectivity index (χ2v) is 4.44. The summed E-state index contributed by atoms with van der Waals surface area (Å²) in [6, 6.07) is 4.02. The van der Waals surface area contributed by atoms with Crippen molar-refractivity contribution in [1.82, 2.24) is 9.97 Å². The van der Waals surface area contributed by atoms with Gasteiger partial charge in [0.1, 0.15) is 12.1 Å². The van der Waals surface area contributed by atoms with Crippen LogP contribution in [0.3, 0.4) is 0 Å². The Morgan fingerprint density at radius 3 is 2.73 bits per heavy atom. The van der Waals surface area contributed by atoms with E-state index in [0.29, 0.717) is 12.2 Å². The van der Waals surface area contributed by atoms with Crippen molar-refractivity contribution in [1.29, 1.82) is 0 Å². The van der Waals surface area contributed by atoms with E-state index in [-0.39, 0.29) is 23.7 Å². The number of aryl methyl sites for hydroxylation is 1. The van der Waals surface area contributed by atoms with Crippen molar-refractivity contribution < 1.29 is 14.5 Å². The van der Waals surface area contributed by atoms with E-state index in [2.05, 4.69) is 15.3 Å². The molecule has 0 unspecified atom stereocenters. The van der Waals surface area contributed by atoms with Crippen LogP contribution in [-0.2, 0) is 11.2 Å². The van der Waals surface area contributed by atoms with Crippen LogP contribution in [0.4, 0.5) is 11.4 Å². The number of nitro groups is 1. The van der Waals surface area contributed by atoms with Crippen molar-refractivity contribution in [3.05, 3.63) is 52.6 Å². The van der Waals surface area contributed by atoms with Crippen molar-refractivity contribution in [2.75, 3.05) is 12.4 Å². The van der Waals surface area contributed by atoms with Crippen molar-refractivity contribution in [3.8, 4) is 5.75 Å². The first-order valence-corrected chi connectivity index (χ1v) is 6.46. The van der Waals surface area contributed by atoms with Crippen LogP contribution in [-0.4, -0.2) is 27.9 Å². The van der Waals surface area contributed by atoms with Crippen LogP contribution in [0.2, 0.25) is 0 Å². The number of nitro benzene ring substituents is 1. The Bertz CT molecular complexity index is 676. The molecule has 0 bridgehead atoms. The Morgan fingerprint density at radius 2 is 2.09 bits per heavy atom. The third-order valence-electron chi connectivity index (χ3n) is 2.92. The molecule has 2 rings (SSSR count). The third-order valence-corrected chi connectivity index (χ3v) is 2.92. The van der Waals surface area contributed by atoms with Gasteiger partial charge in [-0.15, -0.1) is 0 Å². The summed E-state index contributed by atoms with van der Waals surface area (Å²) in [6.45, 7) is 0. The van der Waals surface area contributed by atoms with Gasteiger partial charge in [0.2, 0.25) is 5.91 Å². The number of benzene rings is 1. The predicted octanol–water partition coefficient (Wildman–Crippen LogP) is 1.96. The first kappa shape index (κ1) is 15.4. The van der Waals surface area contributed by atoms with Gasteiger partial charge in [-0.3, -0.25) is 14.9 Å². The molecule has 1 amide bonds. The van der Waals surface area contributed by atoms with Crippen LogP contribution >= 0.6 is 0 Å². The van der Waals surface area contributed by atoms with E-state index in [1.165, 1.54) is 31.6 Å². The molecule has 0 aliphatic carbocycles. The van der Waals surface area contributed by atoms with Gasteiger partial charge >= 0.3 is 0 Å². The van der Waals surface area contributed by atoms with E-state index in [4.69, 9.17) is 4.74 Å². The minimum atomic E-state index is -0.531. The average molecular weight is 302 g/mol. The molecule has 2 aromatic rings. The maximum atomic E-state index is 12.0. The highest BCUT2D eigenvalue weighted by Gasteiger charge is 2.13. The van der Waals surface area contributed by atoms with Gasteiger partial charge in [-0.25, -0.2) is 9.97 Å². The zero-order valence-corrected chi connectivity index (χ0v) is 11.9. The summed E-state index contributed by atoms with van der Waals surface area (Å²) in [4.78, 5) is 29.9. The maximum absolute atomic E-state index is 12.0. The fraction of sp³-hybridized carbons (Fsp3) is 0.214. The molecule has 0 radical (unpaired) electrons. The van der Waals surface area contributed by atoms with Gasteiger partial charge in [0.05, 0.1) is 17.7 Å². The SMILES string of the molecule is COc1ccc([N+](=O)[O-])cc1NC(=O)CCc1cncnc1. The number of nitrogens with one attached hydrogen (secondary N) is 1. The van der Waals surface area contributed by atoms with Crippen molar-refractivity contribution in [3.63, 3.8) is 0 Å². The lowest BCUT2D eigenvalue weighted by Gasteiger charge is -2.09. The quantitative estimate of drug-likeness (QED) is 0.645. The minimum Gasteiger partial charge on any atom is -0.495 e. The molecule has 114 valence electrons. The monoisotopic (exact) mass is 302 g/mol. The number of ether oxygens (including phenoxy) is 1. The van der Waals surface area contributed by atoms with E-state index in [1.54, 1.807) is 12.4 Å². The van der Waals surface area contributed by atoms with Crippen molar-refractivity contribution >= 4 is 17.3 Å². The van der Waals surface area contributed by atoms with Gasteiger partial charge in [-0.1, -0.05) is 0 Å². The van der Waals surface area contributed by atoms with Crippen LogP contribution in [0.15, 0.2) is 36.9 Å². The van der Waals surface area contributed by atoms with Gasteiger partial charge in [0, 0.05) is 30.9 Å². The summed E-state index contributed by atoms with van der Waals surface area (Å²) >= 11 is 0. The van der Waals surface area contributed by atoms with E-state index < -0.39 is 4.92 Å². The topological polar surface area (TPSA) is 107 Å². The number of methoxy groups -OCH3 is 1. The van der Waals surface area contributed by atoms with Gasteiger partial charge in [0.25, 0.3) is 5.69 Å². The molecule has 1 heterocycles. The molecule has 0 spiro atoms. The van der Waals surface area contributed by atoms with Crippen LogP contribution in [0, 0.1) is 10.1 Å². The largest absolute Gasteiger partial charge is 0.495 e. The second-order valence-electron chi connectivity index (χ2n) is 4.44. The molecule has 1 aromatic heterocycles.